The van der Waals surface area contributed by atoms with Crippen molar-refractivity contribution < 1.29 is 4.92 Å². The van der Waals surface area contributed by atoms with Crippen LogP contribution in [-0.4, -0.2) is 39.5 Å². The van der Waals surface area contributed by atoms with Gasteiger partial charge in [-0.2, -0.15) is 23.5 Å². The van der Waals surface area contributed by atoms with Gasteiger partial charge in [0.1, 0.15) is 5.01 Å². The van der Waals surface area contributed by atoms with E-state index in [9.17, 15) is 10.1 Å². The lowest BCUT2D eigenvalue weighted by molar-refractivity contribution is -0.404. The SMILES string of the molecule is O=[N+]([O-])C=C(NCCSCc1nccs1)NCCSCc1ncccc1Cl. The Kier molecular flexibility index (Phi) is 10.4. The summed E-state index contributed by atoms with van der Waals surface area (Å²) in [7, 11) is 0. The van der Waals surface area contributed by atoms with Gasteiger partial charge in [-0.3, -0.25) is 15.1 Å². The predicted octanol–water partition coefficient (Wildman–Crippen LogP) is 3.61. The van der Waals surface area contributed by atoms with Crippen LogP contribution in [0.15, 0.2) is 41.9 Å². The summed E-state index contributed by atoms with van der Waals surface area (Å²) in [4.78, 5) is 18.8. The zero-order valence-corrected chi connectivity index (χ0v) is 17.7. The molecule has 11 heteroatoms. The van der Waals surface area contributed by atoms with Gasteiger partial charge in [0.05, 0.1) is 15.6 Å². The summed E-state index contributed by atoms with van der Waals surface area (Å²) in [6, 6.07) is 3.62. The lowest BCUT2D eigenvalue weighted by Gasteiger charge is -2.11. The van der Waals surface area contributed by atoms with Crippen molar-refractivity contribution in [3.8, 4) is 0 Å². The molecule has 0 amide bonds. The van der Waals surface area contributed by atoms with E-state index >= 15 is 0 Å². The topological polar surface area (TPSA) is 93.0 Å². The predicted molar refractivity (Wildman–Crippen MR) is 115 cm³/mol. The van der Waals surface area contributed by atoms with E-state index in [-0.39, 0.29) is 0 Å². The fourth-order valence-corrected chi connectivity index (χ4v) is 4.60. The standard InChI is InChI=1S/C16H20ClN5O2S3/c17-13-2-1-3-18-14(13)11-25-7-4-19-15(10-22(23)24)20-5-8-26-12-16-21-6-9-27-16/h1-3,6,9-10,19-20H,4-5,7-8,11-12H2. The molecule has 0 aliphatic carbocycles. The number of hydrogen-bond donors (Lipinski definition) is 2. The third-order valence-electron chi connectivity index (χ3n) is 3.14. The van der Waals surface area contributed by atoms with E-state index in [1.807, 2.05) is 11.4 Å². The van der Waals surface area contributed by atoms with E-state index in [1.54, 1.807) is 53.3 Å². The Morgan fingerprint density at radius 2 is 1.96 bits per heavy atom. The molecule has 0 saturated heterocycles. The maximum atomic E-state index is 10.8. The van der Waals surface area contributed by atoms with Crippen molar-refractivity contribution in [2.24, 2.45) is 0 Å². The quantitative estimate of drug-likeness (QED) is 0.274. The normalized spacial score (nSPS) is 11.4. The summed E-state index contributed by atoms with van der Waals surface area (Å²) >= 11 is 11.1. The number of nitrogens with one attached hydrogen (secondary N) is 2. The van der Waals surface area contributed by atoms with Crippen LogP contribution in [0.25, 0.3) is 0 Å². The first-order valence-corrected chi connectivity index (χ1v) is 11.7. The van der Waals surface area contributed by atoms with Gasteiger partial charge < -0.3 is 10.6 Å². The molecular formula is C16H20ClN5O2S3. The van der Waals surface area contributed by atoms with E-state index in [2.05, 4.69) is 20.6 Å². The molecule has 0 aliphatic heterocycles. The number of aromatic nitrogens is 2. The summed E-state index contributed by atoms with van der Waals surface area (Å²) < 4.78 is 0. The highest BCUT2D eigenvalue weighted by molar-refractivity contribution is 7.98. The Labute approximate surface area is 175 Å². The number of hydrogen-bond acceptors (Lipinski definition) is 9. The van der Waals surface area contributed by atoms with Crippen molar-refractivity contribution in [3.05, 3.63) is 67.8 Å². The number of thioether (sulfide) groups is 2. The molecule has 0 saturated carbocycles. The molecule has 0 aromatic carbocycles. The van der Waals surface area contributed by atoms with E-state index < -0.39 is 4.92 Å². The fraction of sp³-hybridized carbons (Fsp3) is 0.375. The molecular weight excluding hydrogens is 426 g/mol. The maximum Gasteiger partial charge on any atom is 0.274 e. The molecule has 2 N–H and O–H groups in total. The highest BCUT2D eigenvalue weighted by atomic mass is 35.5. The highest BCUT2D eigenvalue weighted by Crippen LogP contribution is 2.18. The van der Waals surface area contributed by atoms with Crippen molar-refractivity contribution in [2.75, 3.05) is 24.6 Å². The smallest absolute Gasteiger partial charge is 0.274 e. The van der Waals surface area contributed by atoms with Crippen LogP contribution < -0.4 is 10.6 Å². The number of pyridine rings is 1. The van der Waals surface area contributed by atoms with Crippen molar-refractivity contribution in [1.29, 1.82) is 0 Å². The molecule has 0 spiro atoms. The van der Waals surface area contributed by atoms with Gasteiger partial charge in [0, 0.05) is 53.9 Å². The van der Waals surface area contributed by atoms with Crippen molar-refractivity contribution >= 4 is 46.5 Å². The minimum absolute atomic E-state index is 0.423. The molecule has 146 valence electrons. The monoisotopic (exact) mass is 445 g/mol. The third-order valence-corrected chi connectivity index (χ3v) is 6.39. The molecule has 0 unspecified atom stereocenters. The van der Waals surface area contributed by atoms with Crippen molar-refractivity contribution in [2.45, 2.75) is 11.5 Å². The molecule has 0 radical (unpaired) electrons. The average molecular weight is 446 g/mol. The molecule has 0 bridgehead atoms. The summed E-state index contributed by atoms with van der Waals surface area (Å²) in [5, 5.41) is 20.6. The van der Waals surface area contributed by atoms with Gasteiger partial charge >= 0.3 is 0 Å². The molecule has 2 rings (SSSR count). The molecule has 2 aromatic heterocycles. The second kappa shape index (κ2) is 12.8. The Morgan fingerprint density at radius 1 is 1.22 bits per heavy atom. The first kappa shape index (κ1) is 21.8. The Balaban J connectivity index is 1.62. The van der Waals surface area contributed by atoms with E-state index in [0.29, 0.717) is 29.7 Å². The molecule has 2 heterocycles. The Hall–Kier alpha value is -1.49. The van der Waals surface area contributed by atoms with Gasteiger partial charge in [0.15, 0.2) is 5.82 Å². The lowest BCUT2D eigenvalue weighted by atomic mass is 10.4. The minimum atomic E-state index is -0.459. The molecule has 2 aromatic rings. The van der Waals surface area contributed by atoms with Gasteiger partial charge in [-0.1, -0.05) is 11.6 Å². The summed E-state index contributed by atoms with van der Waals surface area (Å²) in [5.74, 6) is 3.60. The van der Waals surface area contributed by atoms with Crippen LogP contribution in [0.3, 0.4) is 0 Å². The van der Waals surface area contributed by atoms with Gasteiger partial charge in [-0.05, 0) is 12.1 Å². The maximum absolute atomic E-state index is 10.8. The highest BCUT2D eigenvalue weighted by Gasteiger charge is 2.04. The summed E-state index contributed by atoms with van der Waals surface area (Å²) in [6.45, 7) is 1.24. The van der Waals surface area contributed by atoms with Gasteiger partial charge in [0.25, 0.3) is 6.20 Å². The Morgan fingerprint density at radius 3 is 2.59 bits per heavy atom. The zero-order chi connectivity index (χ0) is 19.3. The van der Waals surface area contributed by atoms with Crippen molar-refractivity contribution in [3.63, 3.8) is 0 Å². The number of nitro groups is 1. The van der Waals surface area contributed by atoms with Crippen LogP contribution >= 0.6 is 46.5 Å². The zero-order valence-electron chi connectivity index (χ0n) is 14.5. The molecule has 0 fully saturated rings. The first-order valence-electron chi connectivity index (χ1n) is 8.11. The van der Waals surface area contributed by atoms with E-state index in [4.69, 9.17) is 11.6 Å². The lowest BCUT2D eigenvalue weighted by Crippen LogP contribution is -2.30. The van der Waals surface area contributed by atoms with E-state index in [0.717, 1.165) is 34.2 Å². The molecule has 27 heavy (non-hydrogen) atoms. The number of halogens is 1. The average Bonchev–Trinajstić information content (AvgIpc) is 3.15. The largest absolute Gasteiger partial charge is 0.366 e. The van der Waals surface area contributed by atoms with Crippen LogP contribution in [0.4, 0.5) is 0 Å². The molecule has 0 atom stereocenters. The third kappa shape index (κ3) is 9.32. The Bertz CT molecular complexity index is 731. The molecule has 0 aliphatic rings. The van der Waals surface area contributed by atoms with Gasteiger partial charge in [-0.25, -0.2) is 4.98 Å². The van der Waals surface area contributed by atoms with E-state index in [1.165, 1.54) is 0 Å². The number of thiazole rings is 1. The van der Waals surface area contributed by atoms with Gasteiger partial charge in [0.2, 0.25) is 0 Å². The van der Waals surface area contributed by atoms with Gasteiger partial charge in [-0.15, -0.1) is 11.3 Å². The fourth-order valence-electron chi connectivity index (χ4n) is 1.95. The first-order chi connectivity index (χ1) is 13.1. The second-order valence-corrected chi connectivity index (χ2v) is 8.74. The summed E-state index contributed by atoms with van der Waals surface area (Å²) in [5.41, 5.74) is 0.848. The van der Waals surface area contributed by atoms with Crippen LogP contribution in [0, 0.1) is 10.1 Å². The molecule has 7 nitrogen and oxygen atoms in total. The number of nitrogens with zero attached hydrogens (tertiary/aromatic N) is 3. The second-order valence-electron chi connectivity index (χ2n) is 5.14. The number of rotatable bonds is 13. The van der Waals surface area contributed by atoms with Crippen LogP contribution in [-0.2, 0) is 11.5 Å². The van der Waals surface area contributed by atoms with Crippen LogP contribution in [0.5, 0.6) is 0 Å². The van der Waals surface area contributed by atoms with Crippen LogP contribution in [0.2, 0.25) is 5.02 Å². The van der Waals surface area contributed by atoms with Crippen LogP contribution in [0.1, 0.15) is 10.7 Å². The summed E-state index contributed by atoms with van der Waals surface area (Å²) in [6.07, 6.45) is 4.47. The minimum Gasteiger partial charge on any atom is -0.366 e. The van der Waals surface area contributed by atoms with Crippen molar-refractivity contribution in [1.82, 2.24) is 20.6 Å².